The van der Waals surface area contributed by atoms with Crippen LogP contribution in [0.2, 0.25) is 5.02 Å². The lowest BCUT2D eigenvalue weighted by Crippen LogP contribution is -2.14. The zero-order valence-electron chi connectivity index (χ0n) is 10.9. The van der Waals surface area contributed by atoms with E-state index in [1.165, 1.54) is 12.1 Å². The quantitative estimate of drug-likeness (QED) is 0.759. The van der Waals surface area contributed by atoms with E-state index in [1.807, 2.05) is 6.07 Å². The third-order valence-electron chi connectivity index (χ3n) is 2.74. The monoisotopic (exact) mass is 296 g/mol. The third kappa shape index (κ3) is 3.19. The SMILES string of the molecule is CC(C)(C)c1cc(=S)nc(-c2ccc(F)cc2Cl)[nH]1. The van der Waals surface area contributed by atoms with Crippen molar-refractivity contribution in [2.45, 2.75) is 26.2 Å². The second-order valence-electron chi connectivity index (χ2n) is 5.36. The highest BCUT2D eigenvalue weighted by molar-refractivity contribution is 7.71. The van der Waals surface area contributed by atoms with Gasteiger partial charge in [-0.1, -0.05) is 44.6 Å². The summed E-state index contributed by atoms with van der Waals surface area (Å²) in [5.41, 5.74) is 1.51. The fourth-order valence-electron chi connectivity index (χ4n) is 1.67. The topological polar surface area (TPSA) is 28.7 Å². The van der Waals surface area contributed by atoms with Gasteiger partial charge in [0.05, 0.1) is 5.02 Å². The Morgan fingerprint density at radius 2 is 1.95 bits per heavy atom. The molecule has 0 fully saturated rings. The lowest BCUT2D eigenvalue weighted by molar-refractivity contribution is 0.567. The van der Waals surface area contributed by atoms with Gasteiger partial charge in [-0.15, -0.1) is 0 Å². The van der Waals surface area contributed by atoms with Crippen LogP contribution < -0.4 is 0 Å². The summed E-state index contributed by atoms with van der Waals surface area (Å²) in [4.78, 5) is 7.48. The van der Waals surface area contributed by atoms with Gasteiger partial charge in [0.15, 0.2) is 0 Å². The molecule has 0 atom stereocenters. The van der Waals surface area contributed by atoms with Gasteiger partial charge in [-0.05, 0) is 24.3 Å². The Morgan fingerprint density at radius 1 is 1.26 bits per heavy atom. The molecule has 1 N–H and O–H groups in total. The van der Waals surface area contributed by atoms with Gasteiger partial charge in [0, 0.05) is 16.7 Å². The molecule has 0 aliphatic heterocycles. The predicted molar refractivity (Wildman–Crippen MR) is 78.5 cm³/mol. The van der Waals surface area contributed by atoms with Crippen molar-refractivity contribution in [3.8, 4) is 11.4 Å². The Kier molecular flexibility index (Phi) is 3.74. The average molecular weight is 297 g/mol. The van der Waals surface area contributed by atoms with E-state index >= 15 is 0 Å². The summed E-state index contributed by atoms with van der Waals surface area (Å²) < 4.78 is 13.6. The van der Waals surface area contributed by atoms with Gasteiger partial charge in [0.2, 0.25) is 0 Å². The molecule has 0 radical (unpaired) electrons. The number of rotatable bonds is 1. The lowest BCUT2D eigenvalue weighted by Gasteiger charge is -2.19. The molecule has 0 saturated heterocycles. The smallest absolute Gasteiger partial charge is 0.140 e. The summed E-state index contributed by atoms with van der Waals surface area (Å²) in [5.74, 6) is 0.182. The standard InChI is InChI=1S/C14H14ClFN2S/c1-14(2,3)11-7-12(19)18-13(17-11)9-5-4-8(16)6-10(9)15/h4-7H,1-3H3,(H,17,18,19). The van der Waals surface area contributed by atoms with E-state index < -0.39 is 0 Å². The normalized spacial score (nSPS) is 11.6. The maximum atomic E-state index is 13.1. The van der Waals surface area contributed by atoms with Gasteiger partial charge in [0.1, 0.15) is 16.3 Å². The number of hydrogen-bond acceptors (Lipinski definition) is 2. The molecule has 1 heterocycles. The van der Waals surface area contributed by atoms with Gasteiger partial charge in [-0.25, -0.2) is 9.37 Å². The molecule has 100 valence electrons. The van der Waals surface area contributed by atoms with Crippen molar-refractivity contribution in [3.63, 3.8) is 0 Å². The van der Waals surface area contributed by atoms with E-state index in [1.54, 1.807) is 6.07 Å². The minimum Gasteiger partial charge on any atom is -0.343 e. The maximum absolute atomic E-state index is 13.1. The average Bonchev–Trinajstić information content (AvgIpc) is 2.26. The number of hydrogen-bond donors (Lipinski definition) is 1. The molecular weight excluding hydrogens is 283 g/mol. The van der Waals surface area contributed by atoms with Crippen LogP contribution in [0.1, 0.15) is 26.5 Å². The van der Waals surface area contributed by atoms with Gasteiger partial charge >= 0.3 is 0 Å². The molecule has 5 heteroatoms. The summed E-state index contributed by atoms with van der Waals surface area (Å²) in [7, 11) is 0. The fraction of sp³-hybridized carbons (Fsp3) is 0.286. The summed E-state index contributed by atoms with van der Waals surface area (Å²) in [6, 6.07) is 6.04. The molecule has 0 aliphatic rings. The highest BCUT2D eigenvalue weighted by Crippen LogP contribution is 2.28. The second kappa shape index (κ2) is 5.02. The van der Waals surface area contributed by atoms with E-state index in [0.29, 0.717) is 21.1 Å². The molecular formula is C14H14ClFN2S. The van der Waals surface area contributed by atoms with Crippen LogP contribution in [-0.4, -0.2) is 9.97 Å². The Labute approximate surface area is 121 Å². The molecule has 2 rings (SSSR count). The fourth-order valence-corrected chi connectivity index (χ4v) is 2.14. The van der Waals surface area contributed by atoms with Crippen LogP contribution in [0, 0.1) is 10.5 Å². The van der Waals surface area contributed by atoms with Crippen molar-refractivity contribution in [2.24, 2.45) is 0 Å². The van der Waals surface area contributed by atoms with E-state index in [9.17, 15) is 4.39 Å². The first-order chi connectivity index (χ1) is 8.77. The van der Waals surface area contributed by atoms with Crippen molar-refractivity contribution in [1.29, 1.82) is 0 Å². The molecule has 0 bridgehead atoms. The van der Waals surface area contributed by atoms with Crippen LogP contribution in [0.15, 0.2) is 24.3 Å². The highest BCUT2D eigenvalue weighted by Gasteiger charge is 2.16. The number of nitrogens with zero attached hydrogens (tertiary/aromatic N) is 1. The number of nitrogens with one attached hydrogen (secondary N) is 1. The minimum absolute atomic E-state index is 0.0856. The molecule has 1 aromatic carbocycles. The van der Waals surface area contributed by atoms with E-state index in [-0.39, 0.29) is 11.2 Å². The van der Waals surface area contributed by atoms with Crippen molar-refractivity contribution in [2.75, 3.05) is 0 Å². The largest absolute Gasteiger partial charge is 0.343 e. The first-order valence-electron chi connectivity index (χ1n) is 5.84. The number of aromatic nitrogens is 2. The molecule has 1 aromatic heterocycles. The van der Waals surface area contributed by atoms with Crippen molar-refractivity contribution in [3.05, 3.63) is 45.4 Å². The third-order valence-corrected chi connectivity index (χ3v) is 3.26. The van der Waals surface area contributed by atoms with Gasteiger partial charge in [0.25, 0.3) is 0 Å². The molecule has 0 saturated carbocycles. The van der Waals surface area contributed by atoms with E-state index in [0.717, 1.165) is 5.69 Å². The van der Waals surface area contributed by atoms with Gasteiger partial charge in [-0.3, -0.25) is 0 Å². The van der Waals surface area contributed by atoms with Gasteiger partial charge in [-0.2, -0.15) is 0 Å². The Bertz CT molecular complexity index is 674. The van der Waals surface area contributed by atoms with Gasteiger partial charge < -0.3 is 4.98 Å². The van der Waals surface area contributed by atoms with Crippen LogP contribution >= 0.6 is 23.8 Å². The molecule has 0 aliphatic carbocycles. The molecule has 0 unspecified atom stereocenters. The summed E-state index contributed by atoms with van der Waals surface area (Å²) in [6.45, 7) is 6.22. The van der Waals surface area contributed by atoms with Crippen molar-refractivity contribution < 1.29 is 4.39 Å². The maximum Gasteiger partial charge on any atom is 0.140 e. The van der Waals surface area contributed by atoms with E-state index in [4.69, 9.17) is 23.8 Å². The van der Waals surface area contributed by atoms with Crippen LogP contribution in [0.4, 0.5) is 4.39 Å². The van der Waals surface area contributed by atoms with Crippen molar-refractivity contribution in [1.82, 2.24) is 9.97 Å². The molecule has 2 nitrogen and oxygen atoms in total. The van der Waals surface area contributed by atoms with Crippen molar-refractivity contribution >= 4 is 23.8 Å². The van der Waals surface area contributed by atoms with Crippen LogP contribution in [0.3, 0.4) is 0 Å². The number of H-pyrrole nitrogens is 1. The van der Waals surface area contributed by atoms with Crippen LogP contribution in [-0.2, 0) is 5.41 Å². The molecule has 0 spiro atoms. The number of halogens is 2. The second-order valence-corrected chi connectivity index (χ2v) is 6.18. The predicted octanol–water partition coefficient (Wildman–Crippen LogP) is 4.90. The molecule has 19 heavy (non-hydrogen) atoms. The first-order valence-corrected chi connectivity index (χ1v) is 6.63. The highest BCUT2D eigenvalue weighted by atomic mass is 35.5. The first kappa shape index (κ1) is 14.2. The molecule has 2 aromatic rings. The Balaban J connectivity index is 2.63. The van der Waals surface area contributed by atoms with Crippen LogP contribution in [0.25, 0.3) is 11.4 Å². The zero-order valence-corrected chi connectivity index (χ0v) is 12.5. The molecule has 0 amide bonds. The summed E-state index contributed by atoms with van der Waals surface area (Å²) in [6.07, 6.45) is 0. The van der Waals surface area contributed by atoms with Crippen LogP contribution in [0.5, 0.6) is 0 Å². The number of benzene rings is 1. The number of aromatic amines is 1. The zero-order chi connectivity index (χ0) is 14.2. The van der Waals surface area contributed by atoms with E-state index in [2.05, 4.69) is 30.7 Å². The Morgan fingerprint density at radius 3 is 2.53 bits per heavy atom. The summed E-state index contributed by atoms with van der Waals surface area (Å²) in [5, 5.41) is 0.309. The summed E-state index contributed by atoms with van der Waals surface area (Å²) >= 11 is 11.2. The Hall–Kier alpha value is -1.26. The minimum atomic E-state index is -0.376. The lowest BCUT2D eigenvalue weighted by atomic mass is 9.92.